The average molecular weight is 277 g/mol. The molecule has 0 radical (unpaired) electrons. The summed E-state index contributed by atoms with van der Waals surface area (Å²) in [7, 11) is -2.88. The van der Waals surface area contributed by atoms with Gasteiger partial charge in [-0.15, -0.1) is 0 Å². The lowest BCUT2D eigenvalue weighted by Gasteiger charge is -2.15. The van der Waals surface area contributed by atoms with Crippen molar-refractivity contribution in [1.29, 1.82) is 0 Å². The molecule has 0 rings (SSSR count). The van der Waals surface area contributed by atoms with Gasteiger partial charge in [0.2, 0.25) is 0 Å². The molecule has 0 aromatic heterocycles. The van der Waals surface area contributed by atoms with Gasteiger partial charge in [0, 0.05) is 12.6 Å². The minimum absolute atomic E-state index is 0.267. The van der Waals surface area contributed by atoms with Crippen molar-refractivity contribution in [1.82, 2.24) is 5.32 Å². The molecule has 1 N–H and O–H groups in total. The molecule has 0 aliphatic carbocycles. The lowest BCUT2D eigenvalue weighted by atomic mass is 10.0. The van der Waals surface area contributed by atoms with Crippen molar-refractivity contribution in [3.05, 3.63) is 0 Å². The Hall–Kier alpha value is -0.0900. The molecule has 2 atom stereocenters. The van der Waals surface area contributed by atoms with Crippen molar-refractivity contribution >= 4 is 9.84 Å². The Balaban J connectivity index is 3.82. The summed E-state index contributed by atoms with van der Waals surface area (Å²) in [5.74, 6) is 1.58. The second-order valence-electron chi connectivity index (χ2n) is 5.95. The van der Waals surface area contributed by atoms with Crippen LogP contribution in [0.4, 0.5) is 0 Å². The summed E-state index contributed by atoms with van der Waals surface area (Å²) in [5.41, 5.74) is 0. The topological polar surface area (TPSA) is 46.2 Å². The molecule has 0 heterocycles. The third-order valence-corrected chi connectivity index (χ3v) is 5.22. The minimum atomic E-state index is -2.88. The van der Waals surface area contributed by atoms with Crippen molar-refractivity contribution in [2.45, 2.75) is 59.9 Å². The zero-order valence-electron chi connectivity index (χ0n) is 12.7. The van der Waals surface area contributed by atoms with Crippen LogP contribution in [0.25, 0.3) is 0 Å². The summed E-state index contributed by atoms with van der Waals surface area (Å²) in [6.07, 6.45) is 3.23. The lowest BCUT2D eigenvalue weighted by Crippen LogP contribution is -2.32. The Morgan fingerprint density at radius 2 is 1.67 bits per heavy atom. The zero-order chi connectivity index (χ0) is 14.2. The maximum absolute atomic E-state index is 11.8. The summed E-state index contributed by atoms with van der Waals surface area (Å²) in [4.78, 5) is 0. The molecule has 0 fully saturated rings. The quantitative estimate of drug-likeness (QED) is 0.668. The predicted octanol–water partition coefficient (Wildman–Crippen LogP) is 2.86. The molecular formula is C14H31NO2S. The minimum Gasteiger partial charge on any atom is -0.313 e. The van der Waals surface area contributed by atoms with Crippen molar-refractivity contribution in [2.24, 2.45) is 11.8 Å². The van der Waals surface area contributed by atoms with Gasteiger partial charge in [-0.2, -0.15) is 0 Å². The first-order valence-corrected chi connectivity index (χ1v) is 9.02. The van der Waals surface area contributed by atoms with E-state index in [1.807, 2.05) is 13.8 Å². The number of rotatable bonds is 10. The third-order valence-electron chi connectivity index (χ3n) is 3.32. The smallest absolute Gasteiger partial charge is 0.151 e. The molecule has 0 aliphatic rings. The molecule has 0 spiro atoms. The normalized spacial score (nSPS) is 15.9. The summed E-state index contributed by atoms with van der Waals surface area (Å²) in [5, 5.41) is 3.31. The first kappa shape index (κ1) is 17.9. The largest absolute Gasteiger partial charge is 0.313 e. The van der Waals surface area contributed by atoms with Crippen LogP contribution in [0.3, 0.4) is 0 Å². The van der Waals surface area contributed by atoms with Crippen molar-refractivity contribution < 1.29 is 8.42 Å². The van der Waals surface area contributed by atoms with Crippen molar-refractivity contribution in [3.8, 4) is 0 Å². The fourth-order valence-electron chi connectivity index (χ4n) is 1.78. The van der Waals surface area contributed by atoms with Gasteiger partial charge in [-0.1, -0.05) is 34.1 Å². The molecule has 3 nitrogen and oxygen atoms in total. The van der Waals surface area contributed by atoms with Gasteiger partial charge in [0.15, 0.2) is 9.84 Å². The van der Waals surface area contributed by atoms with Crippen LogP contribution >= 0.6 is 0 Å². The molecule has 0 aliphatic heterocycles. The highest BCUT2D eigenvalue weighted by Gasteiger charge is 2.14. The lowest BCUT2D eigenvalue weighted by molar-refractivity contribution is 0.458. The monoisotopic (exact) mass is 277 g/mol. The first-order chi connectivity index (χ1) is 8.26. The highest BCUT2D eigenvalue weighted by molar-refractivity contribution is 7.91. The maximum Gasteiger partial charge on any atom is 0.151 e. The van der Waals surface area contributed by atoms with E-state index < -0.39 is 9.84 Å². The Labute approximate surface area is 114 Å². The Bertz CT molecular complexity index is 299. The fraction of sp³-hybridized carbons (Fsp3) is 1.00. The third kappa shape index (κ3) is 9.89. The highest BCUT2D eigenvalue weighted by Crippen LogP contribution is 2.07. The van der Waals surface area contributed by atoms with Crippen LogP contribution in [0.15, 0.2) is 0 Å². The molecule has 0 amide bonds. The Morgan fingerprint density at radius 1 is 1.06 bits per heavy atom. The molecule has 110 valence electrons. The summed E-state index contributed by atoms with van der Waals surface area (Å²) < 4.78 is 23.6. The maximum atomic E-state index is 11.8. The summed E-state index contributed by atoms with van der Waals surface area (Å²) >= 11 is 0. The van der Waals surface area contributed by atoms with E-state index in [2.05, 4.69) is 26.1 Å². The second kappa shape index (κ2) is 8.92. The van der Waals surface area contributed by atoms with Gasteiger partial charge in [-0.3, -0.25) is 0 Å². The number of sulfone groups is 1. The van der Waals surface area contributed by atoms with Crippen LogP contribution in [0.1, 0.15) is 53.9 Å². The van der Waals surface area contributed by atoms with Gasteiger partial charge in [0.1, 0.15) is 0 Å². The molecule has 0 saturated carbocycles. The summed E-state index contributed by atoms with van der Waals surface area (Å²) in [6.45, 7) is 11.2. The van der Waals surface area contributed by atoms with Gasteiger partial charge in [0.05, 0.1) is 11.5 Å². The molecule has 4 heteroatoms. The van der Waals surface area contributed by atoms with Gasteiger partial charge in [-0.05, 0) is 31.6 Å². The van der Waals surface area contributed by atoms with Crippen molar-refractivity contribution in [3.63, 3.8) is 0 Å². The number of nitrogens with one attached hydrogen (secondary N) is 1. The highest BCUT2D eigenvalue weighted by atomic mass is 32.2. The number of hydrogen-bond donors (Lipinski definition) is 1. The molecule has 0 saturated heterocycles. The molecular weight excluding hydrogens is 246 g/mol. The zero-order valence-corrected chi connectivity index (χ0v) is 13.5. The van der Waals surface area contributed by atoms with Crippen LogP contribution in [0.5, 0.6) is 0 Å². The van der Waals surface area contributed by atoms with E-state index in [0.717, 1.165) is 12.8 Å². The fourth-order valence-corrected chi connectivity index (χ4v) is 3.48. The SMILES string of the molecule is CCC(C)CS(=O)(=O)CCNC(C)CCC(C)C. The van der Waals surface area contributed by atoms with Crippen LogP contribution in [0.2, 0.25) is 0 Å². The average Bonchev–Trinajstić information content (AvgIpc) is 2.25. The van der Waals surface area contributed by atoms with Gasteiger partial charge >= 0.3 is 0 Å². The summed E-state index contributed by atoms with van der Waals surface area (Å²) in [6, 6.07) is 0.409. The van der Waals surface area contributed by atoms with Crippen LogP contribution in [-0.4, -0.2) is 32.5 Å². The van der Waals surface area contributed by atoms with E-state index in [4.69, 9.17) is 0 Å². The van der Waals surface area contributed by atoms with Crippen LogP contribution < -0.4 is 5.32 Å². The van der Waals surface area contributed by atoms with E-state index in [0.29, 0.717) is 24.3 Å². The standard InChI is InChI=1S/C14H31NO2S/c1-6-13(4)11-18(16,17)10-9-15-14(5)8-7-12(2)3/h12-15H,6-11H2,1-5H3. The van der Waals surface area contributed by atoms with E-state index in [1.54, 1.807) is 0 Å². The molecule has 18 heavy (non-hydrogen) atoms. The second-order valence-corrected chi connectivity index (χ2v) is 8.18. The van der Waals surface area contributed by atoms with E-state index in [9.17, 15) is 8.42 Å². The Kier molecular flexibility index (Phi) is 8.87. The van der Waals surface area contributed by atoms with E-state index in [-0.39, 0.29) is 11.7 Å². The molecule has 0 aromatic rings. The van der Waals surface area contributed by atoms with Gasteiger partial charge in [0.25, 0.3) is 0 Å². The van der Waals surface area contributed by atoms with E-state index >= 15 is 0 Å². The van der Waals surface area contributed by atoms with Gasteiger partial charge < -0.3 is 5.32 Å². The molecule has 2 unspecified atom stereocenters. The first-order valence-electron chi connectivity index (χ1n) is 7.20. The van der Waals surface area contributed by atoms with Crippen LogP contribution in [0, 0.1) is 11.8 Å². The molecule has 0 aromatic carbocycles. The van der Waals surface area contributed by atoms with E-state index in [1.165, 1.54) is 6.42 Å². The van der Waals surface area contributed by atoms with Crippen LogP contribution in [-0.2, 0) is 9.84 Å². The van der Waals surface area contributed by atoms with Crippen molar-refractivity contribution in [2.75, 3.05) is 18.1 Å². The Morgan fingerprint density at radius 3 is 2.17 bits per heavy atom. The predicted molar refractivity (Wildman–Crippen MR) is 79.6 cm³/mol. The number of hydrogen-bond acceptors (Lipinski definition) is 3. The molecule has 0 bridgehead atoms. The van der Waals surface area contributed by atoms with Gasteiger partial charge in [-0.25, -0.2) is 8.42 Å².